The number of rotatable bonds is 5. The Bertz CT molecular complexity index is 623. The third-order valence-corrected chi connectivity index (χ3v) is 3.18. The number of hydrogen-bond acceptors (Lipinski definition) is 3. The molecule has 0 unspecified atom stereocenters. The molecule has 0 radical (unpaired) electrons. The van der Waals surface area contributed by atoms with E-state index in [0.717, 1.165) is 5.56 Å². The summed E-state index contributed by atoms with van der Waals surface area (Å²) in [5.74, 6) is 0.724. The van der Waals surface area contributed by atoms with E-state index >= 15 is 0 Å². The van der Waals surface area contributed by atoms with Crippen molar-refractivity contribution in [1.82, 2.24) is 0 Å². The number of benzene rings is 2. The van der Waals surface area contributed by atoms with E-state index in [2.05, 4.69) is 0 Å². The van der Waals surface area contributed by atoms with Crippen molar-refractivity contribution < 1.29 is 19.0 Å². The maximum atomic E-state index is 13.6. The van der Waals surface area contributed by atoms with Crippen LogP contribution in [0.4, 0.5) is 4.39 Å². The summed E-state index contributed by atoms with van der Waals surface area (Å²) in [5, 5.41) is 9.77. The Morgan fingerprint density at radius 1 is 1.24 bits per heavy atom. The minimum absolute atomic E-state index is 0.355. The predicted molar refractivity (Wildman–Crippen MR) is 79.0 cm³/mol. The van der Waals surface area contributed by atoms with Gasteiger partial charge in [-0.25, -0.2) is 4.39 Å². The number of ether oxygens (including phenoxy) is 2. The first-order valence-corrected chi connectivity index (χ1v) is 6.75. The Kier molecular flexibility index (Phi) is 4.94. The Balaban J connectivity index is 2.34. The third kappa shape index (κ3) is 3.80. The second-order valence-electron chi connectivity index (χ2n) is 5.00. The van der Waals surface area contributed by atoms with Crippen molar-refractivity contribution in [2.45, 2.75) is 26.6 Å². The molecule has 4 heteroatoms. The third-order valence-electron chi connectivity index (χ3n) is 3.18. The summed E-state index contributed by atoms with van der Waals surface area (Å²) >= 11 is 0. The van der Waals surface area contributed by atoms with Crippen LogP contribution in [0.1, 0.15) is 29.7 Å². The zero-order valence-corrected chi connectivity index (χ0v) is 12.4. The lowest BCUT2D eigenvalue weighted by atomic mass is 10.1. The summed E-state index contributed by atoms with van der Waals surface area (Å²) in [6, 6.07) is 10.4. The molecule has 0 spiro atoms. The second-order valence-corrected chi connectivity index (χ2v) is 5.00. The highest BCUT2D eigenvalue weighted by atomic mass is 19.1. The number of methoxy groups -OCH3 is 1. The average molecular weight is 290 g/mol. The molecule has 21 heavy (non-hydrogen) atoms. The van der Waals surface area contributed by atoms with Crippen molar-refractivity contribution in [1.29, 1.82) is 0 Å². The molecule has 0 saturated carbocycles. The number of aliphatic hydroxyl groups excluding tert-OH is 1. The minimum Gasteiger partial charge on any atom is -0.457 e. The van der Waals surface area contributed by atoms with Crippen LogP contribution in [0.15, 0.2) is 36.4 Å². The standard InChI is InChI=1S/C17H19FO3/c1-11-7-17(15(12(2)19)9-16(11)18)21-14-6-4-5-13(8-14)10-20-3/h4-9,12,19H,10H2,1-3H3/t12-/m0/s1. The first-order valence-electron chi connectivity index (χ1n) is 6.75. The predicted octanol–water partition coefficient (Wildman–Crippen LogP) is 4.13. The monoisotopic (exact) mass is 290 g/mol. The number of aryl methyl sites for hydroxylation is 1. The van der Waals surface area contributed by atoms with Crippen LogP contribution >= 0.6 is 0 Å². The molecule has 2 aromatic carbocycles. The van der Waals surface area contributed by atoms with E-state index in [9.17, 15) is 9.50 Å². The molecule has 0 fully saturated rings. The lowest BCUT2D eigenvalue weighted by Crippen LogP contribution is -1.99. The molecule has 0 aliphatic rings. The summed E-state index contributed by atoms with van der Waals surface area (Å²) in [4.78, 5) is 0. The van der Waals surface area contributed by atoms with Crippen molar-refractivity contribution in [2.24, 2.45) is 0 Å². The summed E-state index contributed by atoms with van der Waals surface area (Å²) in [6.07, 6.45) is -0.808. The van der Waals surface area contributed by atoms with Crippen molar-refractivity contribution in [3.05, 3.63) is 58.9 Å². The van der Waals surface area contributed by atoms with Crippen molar-refractivity contribution in [3.63, 3.8) is 0 Å². The van der Waals surface area contributed by atoms with E-state index in [-0.39, 0.29) is 5.82 Å². The fourth-order valence-electron chi connectivity index (χ4n) is 2.08. The van der Waals surface area contributed by atoms with Gasteiger partial charge in [0.15, 0.2) is 0 Å². The van der Waals surface area contributed by atoms with Crippen LogP contribution in [0.2, 0.25) is 0 Å². The molecule has 3 nitrogen and oxygen atoms in total. The number of aliphatic hydroxyl groups is 1. The van der Waals surface area contributed by atoms with Gasteiger partial charge in [-0.05, 0) is 49.2 Å². The molecule has 0 bridgehead atoms. The Morgan fingerprint density at radius 3 is 2.67 bits per heavy atom. The van der Waals surface area contributed by atoms with Crippen LogP contribution in [0, 0.1) is 12.7 Å². The maximum absolute atomic E-state index is 13.6. The molecule has 1 atom stereocenters. The van der Waals surface area contributed by atoms with Gasteiger partial charge in [0.25, 0.3) is 0 Å². The summed E-state index contributed by atoms with van der Waals surface area (Å²) < 4.78 is 24.5. The van der Waals surface area contributed by atoms with E-state index in [1.807, 2.05) is 24.3 Å². The van der Waals surface area contributed by atoms with E-state index in [0.29, 0.717) is 29.2 Å². The lowest BCUT2D eigenvalue weighted by Gasteiger charge is -2.15. The smallest absolute Gasteiger partial charge is 0.133 e. The van der Waals surface area contributed by atoms with Gasteiger partial charge in [0, 0.05) is 12.7 Å². The molecule has 2 aromatic rings. The van der Waals surface area contributed by atoms with Crippen LogP contribution in [0.25, 0.3) is 0 Å². The Hall–Kier alpha value is -1.91. The first-order chi connectivity index (χ1) is 10.0. The van der Waals surface area contributed by atoms with E-state index in [1.54, 1.807) is 27.0 Å². The van der Waals surface area contributed by atoms with E-state index in [1.165, 1.54) is 6.07 Å². The second kappa shape index (κ2) is 6.70. The largest absolute Gasteiger partial charge is 0.457 e. The van der Waals surface area contributed by atoms with Crippen molar-refractivity contribution >= 4 is 0 Å². The molecule has 0 saturated heterocycles. The highest BCUT2D eigenvalue weighted by Crippen LogP contribution is 2.32. The van der Waals surface area contributed by atoms with Gasteiger partial charge in [-0.15, -0.1) is 0 Å². The summed E-state index contributed by atoms with van der Waals surface area (Å²) in [6.45, 7) is 3.73. The summed E-state index contributed by atoms with van der Waals surface area (Å²) in [5.41, 5.74) is 1.88. The summed E-state index contributed by atoms with van der Waals surface area (Å²) in [7, 11) is 1.63. The number of halogens is 1. The van der Waals surface area contributed by atoms with Crippen LogP contribution in [0.5, 0.6) is 11.5 Å². The van der Waals surface area contributed by atoms with Gasteiger partial charge >= 0.3 is 0 Å². The molecule has 0 aliphatic heterocycles. The van der Waals surface area contributed by atoms with Gasteiger partial charge in [0.2, 0.25) is 0 Å². The van der Waals surface area contributed by atoms with Gasteiger partial charge in [-0.3, -0.25) is 0 Å². The highest BCUT2D eigenvalue weighted by Gasteiger charge is 2.14. The first kappa shape index (κ1) is 15.5. The van der Waals surface area contributed by atoms with Crippen LogP contribution in [0.3, 0.4) is 0 Å². The van der Waals surface area contributed by atoms with Crippen LogP contribution < -0.4 is 4.74 Å². The van der Waals surface area contributed by atoms with Gasteiger partial charge < -0.3 is 14.6 Å². The fraction of sp³-hybridized carbons (Fsp3) is 0.294. The molecular weight excluding hydrogens is 271 g/mol. The van der Waals surface area contributed by atoms with Gasteiger partial charge in [0.05, 0.1) is 12.7 Å². The fourth-order valence-corrected chi connectivity index (χ4v) is 2.08. The van der Waals surface area contributed by atoms with Crippen molar-refractivity contribution in [2.75, 3.05) is 7.11 Å². The van der Waals surface area contributed by atoms with Gasteiger partial charge in [-0.2, -0.15) is 0 Å². The molecule has 0 aromatic heterocycles. The average Bonchev–Trinajstić information content (AvgIpc) is 2.43. The zero-order chi connectivity index (χ0) is 15.4. The van der Waals surface area contributed by atoms with Crippen LogP contribution in [-0.2, 0) is 11.3 Å². The molecule has 112 valence electrons. The van der Waals surface area contributed by atoms with Gasteiger partial charge in [0.1, 0.15) is 17.3 Å². The minimum atomic E-state index is -0.808. The lowest BCUT2D eigenvalue weighted by molar-refractivity contribution is 0.184. The van der Waals surface area contributed by atoms with E-state index < -0.39 is 6.10 Å². The van der Waals surface area contributed by atoms with E-state index in [4.69, 9.17) is 9.47 Å². The molecule has 1 N–H and O–H groups in total. The highest BCUT2D eigenvalue weighted by molar-refractivity contribution is 5.43. The topological polar surface area (TPSA) is 38.7 Å². The molecule has 0 amide bonds. The Morgan fingerprint density at radius 2 is 2.00 bits per heavy atom. The molecule has 0 aliphatic carbocycles. The number of hydrogen-bond donors (Lipinski definition) is 1. The van der Waals surface area contributed by atoms with Crippen molar-refractivity contribution in [3.8, 4) is 11.5 Å². The zero-order valence-electron chi connectivity index (χ0n) is 12.4. The molecular formula is C17H19FO3. The molecule has 2 rings (SSSR count). The SMILES string of the molecule is COCc1cccc(Oc2cc(C)c(F)cc2[C@H](C)O)c1. The van der Waals surface area contributed by atoms with Gasteiger partial charge in [-0.1, -0.05) is 12.1 Å². The quantitative estimate of drug-likeness (QED) is 0.900. The normalized spacial score (nSPS) is 12.2. The van der Waals surface area contributed by atoms with Crippen LogP contribution in [-0.4, -0.2) is 12.2 Å². The maximum Gasteiger partial charge on any atom is 0.133 e. The molecule has 0 heterocycles. The Labute approximate surface area is 124 Å².